The maximum Gasteiger partial charge on any atom is 0.230 e. The van der Waals surface area contributed by atoms with Crippen molar-refractivity contribution in [3.8, 4) is 6.07 Å². The normalized spacial score (nSPS) is 21.0. The zero-order valence-electron chi connectivity index (χ0n) is 12.9. The van der Waals surface area contributed by atoms with E-state index in [0.29, 0.717) is 18.7 Å². The molecular weight excluding hydrogens is 262 g/mol. The number of carbonyl (C=O) groups excluding carboxylic acids is 1. The lowest BCUT2D eigenvalue weighted by Crippen LogP contribution is -2.44. The van der Waals surface area contributed by atoms with Gasteiger partial charge in [-0.1, -0.05) is 25.1 Å². The van der Waals surface area contributed by atoms with Crippen molar-refractivity contribution in [2.24, 2.45) is 5.41 Å². The third-order valence-corrected chi connectivity index (χ3v) is 4.54. The van der Waals surface area contributed by atoms with Crippen LogP contribution in [0.4, 0.5) is 0 Å². The average molecular weight is 285 g/mol. The van der Waals surface area contributed by atoms with Gasteiger partial charge < -0.3 is 10.2 Å². The number of rotatable bonds is 5. The van der Waals surface area contributed by atoms with Gasteiger partial charge in [-0.3, -0.25) is 4.79 Å². The van der Waals surface area contributed by atoms with Crippen LogP contribution in [0.5, 0.6) is 0 Å². The van der Waals surface area contributed by atoms with Gasteiger partial charge in [0.1, 0.15) is 0 Å². The van der Waals surface area contributed by atoms with Crippen molar-refractivity contribution in [3.63, 3.8) is 0 Å². The highest BCUT2D eigenvalue weighted by Crippen LogP contribution is 2.32. The zero-order chi connectivity index (χ0) is 15.3. The second kappa shape index (κ2) is 6.73. The Labute approximate surface area is 126 Å². The molecule has 0 bridgehead atoms. The maximum absolute atomic E-state index is 12.9. The molecule has 4 nitrogen and oxygen atoms in total. The lowest BCUT2D eigenvalue weighted by Gasteiger charge is -2.33. The number of hydrogen-bond acceptors (Lipinski definition) is 3. The van der Waals surface area contributed by atoms with Crippen molar-refractivity contribution in [2.45, 2.75) is 33.2 Å². The molecule has 2 rings (SSSR count). The number of nitriles is 1. The minimum atomic E-state index is -0.266. The van der Waals surface area contributed by atoms with Gasteiger partial charge in [0.15, 0.2) is 0 Å². The van der Waals surface area contributed by atoms with Crippen molar-refractivity contribution in [2.75, 3.05) is 19.6 Å². The van der Waals surface area contributed by atoms with Crippen LogP contribution in [0.1, 0.15) is 37.8 Å². The number of nitrogens with one attached hydrogen (secondary N) is 1. The quantitative estimate of drug-likeness (QED) is 0.903. The molecule has 1 unspecified atom stereocenters. The Bertz CT molecular complexity index is 541. The molecular formula is C17H23N3O. The predicted octanol–water partition coefficient (Wildman–Crippen LogP) is 2.30. The Kier molecular flexibility index (Phi) is 4.98. The summed E-state index contributed by atoms with van der Waals surface area (Å²) >= 11 is 0. The molecule has 1 aliphatic heterocycles. The molecule has 1 amide bonds. The predicted molar refractivity (Wildman–Crippen MR) is 82.5 cm³/mol. The van der Waals surface area contributed by atoms with E-state index in [9.17, 15) is 10.1 Å². The van der Waals surface area contributed by atoms with Crippen molar-refractivity contribution < 1.29 is 4.79 Å². The summed E-state index contributed by atoms with van der Waals surface area (Å²) in [5, 5.41) is 12.5. The number of amides is 1. The molecule has 4 heteroatoms. The molecule has 1 aliphatic rings. The van der Waals surface area contributed by atoms with Gasteiger partial charge in [-0.05, 0) is 37.9 Å². The Balaban J connectivity index is 2.20. The highest BCUT2D eigenvalue weighted by Gasteiger charge is 2.41. The van der Waals surface area contributed by atoms with Gasteiger partial charge >= 0.3 is 0 Å². The van der Waals surface area contributed by atoms with Crippen molar-refractivity contribution >= 4 is 5.91 Å². The molecule has 1 aromatic carbocycles. The zero-order valence-corrected chi connectivity index (χ0v) is 12.9. The van der Waals surface area contributed by atoms with Crippen LogP contribution in [-0.2, 0) is 11.3 Å². The maximum atomic E-state index is 12.9. The van der Waals surface area contributed by atoms with Gasteiger partial charge in [0.2, 0.25) is 5.91 Å². The molecule has 1 N–H and O–H groups in total. The van der Waals surface area contributed by atoms with E-state index in [-0.39, 0.29) is 11.3 Å². The first kappa shape index (κ1) is 15.5. The van der Waals surface area contributed by atoms with E-state index in [2.05, 4.69) is 18.3 Å². The Morgan fingerprint density at radius 3 is 2.76 bits per heavy atom. The minimum Gasteiger partial charge on any atom is -0.338 e. The molecule has 112 valence electrons. The monoisotopic (exact) mass is 285 g/mol. The molecule has 1 fully saturated rings. The Morgan fingerprint density at radius 1 is 1.43 bits per heavy atom. The molecule has 1 heterocycles. The second-order valence-corrected chi connectivity index (χ2v) is 5.65. The van der Waals surface area contributed by atoms with Crippen LogP contribution in [0.15, 0.2) is 24.3 Å². The Hall–Kier alpha value is -1.86. The molecule has 1 atom stereocenters. The summed E-state index contributed by atoms with van der Waals surface area (Å²) in [7, 11) is 0. The van der Waals surface area contributed by atoms with Gasteiger partial charge in [-0.25, -0.2) is 0 Å². The standard InChI is InChI=1S/C17H23N3O/c1-3-17(9-10-19-13-17)16(21)20(4-2)12-15-8-6-5-7-14(15)11-18/h5-8,19H,3-4,9-10,12-13H2,1-2H3. The summed E-state index contributed by atoms with van der Waals surface area (Å²) in [5.41, 5.74) is 1.31. The summed E-state index contributed by atoms with van der Waals surface area (Å²) in [5.74, 6) is 0.213. The van der Waals surface area contributed by atoms with Gasteiger partial charge in [0.05, 0.1) is 17.0 Å². The van der Waals surface area contributed by atoms with Gasteiger partial charge in [-0.2, -0.15) is 5.26 Å². The fourth-order valence-electron chi connectivity index (χ4n) is 3.01. The number of carbonyl (C=O) groups is 1. The van der Waals surface area contributed by atoms with Gasteiger partial charge in [0.25, 0.3) is 0 Å². The van der Waals surface area contributed by atoms with E-state index >= 15 is 0 Å². The summed E-state index contributed by atoms with van der Waals surface area (Å²) in [6, 6.07) is 9.72. The molecule has 0 aliphatic carbocycles. The van der Waals surface area contributed by atoms with Crippen LogP contribution in [0.2, 0.25) is 0 Å². The molecule has 0 aromatic heterocycles. The summed E-state index contributed by atoms with van der Waals surface area (Å²) in [6.45, 7) is 6.94. The highest BCUT2D eigenvalue weighted by atomic mass is 16.2. The lowest BCUT2D eigenvalue weighted by molar-refractivity contribution is -0.141. The Morgan fingerprint density at radius 2 is 2.19 bits per heavy atom. The van der Waals surface area contributed by atoms with E-state index in [1.54, 1.807) is 6.07 Å². The molecule has 0 radical (unpaired) electrons. The molecule has 0 saturated carbocycles. The topological polar surface area (TPSA) is 56.1 Å². The van der Waals surface area contributed by atoms with Crippen LogP contribution < -0.4 is 5.32 Å². The third-order valence-electron chi connectivity index (χ3n) is 4.54. The highest BCUT2D eigenvalue weighted by molar-refractivity contribution is 5.83. The number of hydrogen-bond donors (Lipinski definition) is 1. The fourth-order valence-corrected chi connectivity index (χ4v) is 3.01. The number of benzene rings is 1. The molecule has 1 saturated heterocycles. The fraction of sp³-hybridized carbons (Fsp3) is 0.529. The first-order valence-electron chi connectivity index (χ1n) is 7.65. The van der Waals surface area contributed by atoms with E-state index in [1.807, 2.05) is 30.0 Å². The summed E-state index contributed by atoms with van der Waals surface area (Å²) < 4.78 is 0. The molecule has 1 aromatic rings. The van der Waals surface area contributed by atoms with E-state index in [1.165, 1.54) is 0 Å². The number of nitrogens with zero attached hydrogens (tertiary/aromatic N) is 2. The first-order chi connectivity index (χ1) is 10.2. The van der Waals surface area contributed by atoms with Gasteiger partial charge in [0, 0.05) is 19.6 Å². The van der Waals surface area contributed by atoms with E-state index in [4.69, 9.17) is 0 Å². The van der Waals surface area contributed by atoms with Gasteiger partial charge in [-0.15, -0.1) is 0 Å². The van der Waals surface area contributed by atoms with E-state index in [0.717, 1.165) is 31.5 Å². The molecule has 21 heavy (non-hydrogen) atoms. The lowest BCUT2D eigenvalue weighted by atomic mass is 9.82. The third kappa shape index (κ3) is 3.08. The van der Waals surface area contributed by atoms with Crippen molar-refractivity contribution in [1.29, 1.82) is 5.26 Å². The molecule has 0 spiro atoms. The summed E-state index contributed by atoms with van der Waals surface area (Å²) in [4.78, 5) is 14.8. The first-order valence-corrected chi connectivity index (χ1v) is 7.65. The van der Waals surface area contributed by atoms with Crippen LogP contribution in [-0.4, -0.2) is 30.4 Å². The van der Waals surface area contributed by atoms with Crippen LogP contribution in [0.3, 0.4) is 0 Å². The minimum absolute atomic E-state index is 0.213. The van der Waals surface area contributed by atoms with Crippen molar-refractivity contribution in [1.82, 2.24) is 10.2 Å². The SMILES string of the molecule is CCN(Cc1ccccc1C#N)C(=O)C1(CC)CCNC1. The summed E-state index contributed by atoms with van der Waals surface area (Å²) in [6.07, 6.45) is 1.76. The van der Waals surface area contributed by atoms with Crippen LogP contribution in [0, 0.1) is 16.7 Å². The van der Waals surface area contributed by atoms with Crippen LogP contribution in [0.25, 0.3) is 0 Å². The average Bonchev–Trinajstić information content (AvgIpc) is 3.02. The largest absolute Gasteiger partial charge is 0.338 e. The van der Waals surface area contributed by atoms with Crippen molar-refractivity contribution in [3.05, 3.63) is 35.4 Å². The van der Waals surface area contributed by atoms with E-state index < -0.39 is 0 Å². The smallest absolute Gasteiger partial charge is 0.230 e. The second-order valence-electron chi connectivity index (χ2n) is 5.65. The van der Waals surface area contributed by atoms with Crippen LogP contribution >= 0.6 is 0 Å².